The Balaban J connectivity index is 3.20. The van der Waals surface area contributed by atoms with Crippen molar-refractivity contribution < 1.29 is 0 Å². The van der Waals surface area contributed by atoms with E-state index in [9.17, 15) is 0 Å². The smallest absolute Gasteiger partial charge is 0.0669 e. The lowest BCUT2D eigenvalue weighted by Gasteiger charge is -2.06. The summed E-state index contributed by atoms with van der Waals surface area (Å²) in [6.07, 6.45) is 0.522. The molecule has 0 unspecified atom stereocenters. The van der Waals surface area contributed by atoms with Crippen molar-refractivity contribution in [2.24, 2.45) is 0 Å². The first-order valence-corrected chi connectivity index (χ1v) is 4.09. The largest absolute Gasteiger partial charge is 0.198 e. The Kier molecular flexibility index (Phi) is 2.50. The van der Waals surface area contributed by atoms with Crippen LogP contribution in [0.4, 0.5) is 0 Å². The van der Waals surface area contributed by atoms with Gasteiger partial charge >= 0.3 is 0 Å². The lowest BCUT2D eigenvalue weighted by molar-refractivity contribution is 1.16. The molecule has 1 aromatic carbocycles. The highest BCUT2D eigenvalue weighted by molar-refractivity contribution is 5.38. The van der Waals surface area contributed by atoms with Crippen LogP contribution in [-0.4, -0.2) is 0 Å². The summed E-state index contributed by atoms with van der Waals surface area (Å²) in [5.74, 6) is 0. The van der Waals surface area contributed by atoms with Crippen molar-refractivity contribution in [3.05, 3.63) is 34.4 Å². The number of aryl methyl sites for hydroxylation is 2. The molecule has 0 heterocycles. The van der Waals surface area contributed by atoms with E-state index in [1.165, 1.54) is 16.7 Å². The Bertz CT molecular complexity index is 332. The maximum Gasteiger partial charge on any atom is 0.0669 e. The summed E-state index contributed by atoms with van der Waals surface area (Å²) in [5.41, 5.74) is 4.93. The van der Waals surface area contributed by atoms with Crippen molar-refractivity contribution >= 4 is 0 Å². The van der Waals surface area contributed by atoms with Gasteiger partial charge in [-0.3, -0.25) is 0 Å². The minimum absolute atomic E-state index is 0.522. The average Bonchev–Trinajstić information content (AvgIpc) is 2.00. The van der Waals surface area contributed by atoms with Gasteiger partial charge < -0.3 is 0 Å². The van der Waals surface area contributed by atoms with Crippen LogP contribution in [0, 0.1) is 32.1 Å². The first-order valence-electron chi connectivity index (χ1n) is 4.09. The molecule has 0 aliphatic rings. The average molecular weight is 159 g/mol. The van der Waals surface area contributed by atoms with Gasteiger partial charge in [-0.05, 0) is 37.5 Å². The third-order valence-electron chi connectivity index (χ3n) is 2.19. The molecule has 0 aliphatic carbocycles. The topological polar surface area (TPSA) is 23.8 Å². The summed E-state index contributed by atoms with van der Waals surface area (Å²) in [6, 6.07) is 6.42. The van der Waals surface area contributed by atoms with E-state index in [0.717, 1.165) is 5.56 Å². The Labute approximate surface area is 73.6 Å². The van der Waals surface area contributed by atoms with Crippen LogP contribution in [0.3, 0.4) is 0 Å². The van der Waals surface area contributed by atoms with Gasteiger partial charge in [0, 0.05) is 0 Å². The molecule has 0 spiro atoms. The van der Waals surface area contributed by atoms with Gasteiger partial charge in [0.1, 0.15) is 0 Å². The Morgan fingerprint density at radius 1 is 1.25 bits per heavy atom. The van der Waals surface area contributed by atoms with Crippen LogP contribution in [0.25, 0.3) is 0 Å². The van der Waals surface area contributed by atoms with Crippen molar-refractivity contribution in [1.82, 2.24) is 0 Å². The summed E-state index contributed by atoms with van der Waals surface area (Å²) < 4.78 is 0. The van der Waals surface area contributed by atoms with Crippen LogP contribution in [0.15, 0.2) is 12.1 Å². The number of nitriles is 1. The number of nitrogens with zero attached hydrogens (tertiary/aromatic N) is 1. The van der Waals surface area contributed by atoms with Gasteiger partial charge in [-0.1, -0.05) is 17.7 Å². The van der Waals surface area contributed by atoms with Crippen molar-refractivity contribution in [3.8, 4) is 6.07 Å². The minimum Gasteiger partial charge on any atom is -0.198 e. The fourth-order valence-electron chi connectivity index (χ4n) is 1.40. The second-order valence-corrected chi connectivity index (χ2v) is 3.20. The summed E-state index contributed by atoms with van der Waals surface area (Å²) in [4.78, 5) is 0. The van der Waals surface area contributed by atoms with Crippen molar-refractivity contribution in [3.63, 3.8) is 0 Å². The molecule has 0 radical (unpaired) electrons. The fourth-order valence-corrected chi connectivity index (χ4v) is 1.40. The minimum atomic E-state index is 0.522. The standard InChI is InChI=1S/C11H13N/c1-8-6-9(2)10(3)11(7-8)4-5-12/h6-7H,4H2,1-3H3. The van der Waals surface area contributed by atoms with Gasteiger partial charge in [0.2, 0.25) is 0 Å². The Hall–Kier alpha value is -1.29. The van der Waals surface area contributed by atoms with Crippen LogP contribution < -0.4 is 0 Å². The lowest BCUT2D eigenvalue weighted by Crippen LogP contribution is -1.92. The lowest BCUT2D eigenvalue weighted by atomic mass is 9.98. The molecule has 12 heavy (non-hydrogen) atoms. The van der Waals surface area contributed by atoms with Crippen molar-refractivity contribution in [2.45, 2.75) is 27.2 Å². The van der Waals surface area contributed by atoms with E-state index in [1.54, 1.807) is 0 Å². The molecule has 0 saturated heterocycles. The molecular weight excluding hydrogens is 146 g/mol. The molecule has 1 aromatic rings. The third kappa shape index (κ3) is 1.65. The first kappa shape index (κ1) is 8.80. The highest BCUT2D eigenvalue weighted by Crippen LogP contribution is 2.15. The molecule has 0 aromatic heterocycles. The Morgan fingerprint density at radius 3 is 2.50 bits per heavy atom. The molecule has 0 fully saturated rings. The normalized spacial score (nSPS) is 9.50. The third-order valence-corrected chi connectivity index (χ3v) is 2.19. The molecule has 0 N–H and O–H groups in total. The van der Waals surface area contributed by atoms with E-state index in [2.05, 4.69) is 39.0 Å². The number of rotatable bonds is 1. The van der Waals surface area contributed by atoms with E-state index in [4.69, 9.17) is 5.26 Å². The highest BCUT2D eigenvalue weighted by atomic mass is 14.2. The van der Waals surface area contributed by atoms with Crippen LogP contribution in [0.5, 0.6) is 0 Å². The number of hydrogen-bond acceptors (Lipinski definition) is 1. The molecule has 0 aliphatic heterocycles. The molecule has 0 bridgehead atoms. The monoisotopic (exact) mass is 159 g/mol. The zero-order valence-corrected chi connectivity index (χ0v) is 7.81. The molecule has 0 amide bonds. The maximum absolute atomic E-state index is 8.58. The number of hydrogen-bond donors (Lipinski definition) is 0. The Morgan fingerprint density at radius 2 is 1.92 bits per heavy atom. The summed E-state index contributed by atoms with van der Waals surface area (Å²) >= 11 is 0. The quantitative estimate of drug-likeness (QED) is 0.618. The van der Waals surface area contributed by atoms with E-state index in [-0.39, 0.29) is 0 Å². The summed E-state index contributed by atoms with van der Waals surface area (Å²) in [6.45, 7) is 6.22. The summed E-state index contributed by atoms with van der Waals surface area (Å²) in [5, 5.41) is 8.58. The zero-order chi connectivity index (χ0) is 9.14. The summed E-state index contributed by atoms with van der Waals surface area (Å²) in [7, 11) is 0. The second kappa shape index (κ2) is 3.40. The van der Waals surface area contributed by atoms with Crippen molar-refractivity contribution in [2.75, 3.05) is 0 Å². The zero-order valence-electron chi connectivity index (χ0n) is 7.81. The van der Waals surface area contributed by atoms with E-state index >= 15 is 0 Å². The first-order chi connectivity index (χ1) is 5.65. The van der Waals surface area contributed by atoms with E-state index < -0.39 is 0 Å². The molecule has 0 atom stereocenters. The highest BCUT2D eigenvalue weighted by Gasteiger charge is 2.01. The maximum atomic E-state index is 8.58. The van der Waals surface area contributed by atoms with Crippen LogP contribution in [0.1, 0.15) is 22.3 Å². The van der Waals surface area contributed by atoms with E-state index in [1.807, 2.05) is 0 Å². The molecular formula is C11H13N. The van der Waals surface area contributed by atoms with Gasteiger partial charge in [-0.2, -0.15) is 5.26 Å². The van der Waals surface area contributed by atoms with Gasteiger partial charge in [0.15, 0.2) is 0 Å². The predicted molar refractivity (Wildman–Crippen MR) is 50.0 cm³/mol. The van der Waals surface area contributed by atoms with Crippen LogP contribution in [0.2, 0.25) is 0 Å². The van der Waals surface area contributed by atoms with Crippen LogP contribution >= 0.6 is 0 Å². The number of benzene rings is 1. The fraction of sp³-hybridized carbons (Fsp3) is 0.364. The molecule has 0 saturated carbocycles. The molecule has 62 valence electrons. The van der Waals surface area contributed by atoms with Gasteiger partial charge in [-0.15, -0.1) is 0 Å². The predicted octanol–water partition coefficient (Wildman–Crippen LogP) is 2.68. The van der Waals surface area contributed by atoms with Gasteiger partial charge in [-0.25, -0.2) is 0 Å². The van der Waals surface area contributed by atoms with Gasteiger partial charge in [0.05, 0.1) is 12.5 Å². The van der Waals surface area contributed by atoms with E-state index in [0.29, 0.717) is 6.42 Å². The van der Waals surface area contributed by atoms with Gasteiger partial charge in [0.25, 0.3) is 0 Å². The molecule has 1 nitrogen and oxygen atoms in total. The molecule has 1 heteroatoms. The van der Waals surface area contributed by atoms with Crippen molar-refractivity contribution in [1.29, 1.82) is 5.26 Å². The molecule has 1 rings (SSSR count). The van der Waals surface area contributed by atoms with Crippen LogP contribution in [-0.2, 0) is 6.42 Å². The second-order valence-electron chi connectivity index (χ2n) is 3.20. The SMILES string of the molecule is Cc1cc(C)c(C)c(CC#N)c1.